The van der Waals surface area contributed by atoms with E-state index in [-0.39, 0.29) is 6.42 Å². The first-order valence-electron chi connectivity index (χ1n) is 7.99. The number of rotatable bonds is 9. The van der Waals surface area contributed by atoms with Crippen molar-refractivity contribution >= 4 is 39.2 Å². The van der Waals surface area contributed by atoms with Crippen molar-refractivity contribution in [1.82, 2.24) is 4.98 Å². The van der Waals surface area contributed by atoms with Crippen LogP contribution in [-0.4, -0.2) is 44.8 Å². The fourth-order valence-corrected chi connectivity index (χ4v) is 4.38. The first kappa shape index (κ1) is 19.2. The second-order valence-corrected chi connectivity index (χ2v) is 8.03. The molecule has 0 spiro atoms. The summed E-state index contributed by atoms with van der Waals surface area (Å²) in [6.07, 6.45) is 6.66. The summed E-state index contributed by atoms with van der Waals surface area (Å²) in [7, 11) is 0. The van der Waals surface area contributed by atoms with Gasteiger partial charge in [-0.25, -0.2) is 4.79 Å². The van der Waals surface area contributed by atoms with Gasteiger partial charge in [-0.05, 0) is 31.2 Å². The van der Waals surface area contributed by atoms with Gasteiger partial charge in [0.15, 0.2) is 5.60 Å². The van der Waals surface area contributed by atoms with Crippen LogP contribution >= 0.6 is 23.1 Å². The van der Waals surface area contributed by atoms with Gasteiger partial charge in [-0.15, -0.1) is 11.3 Å². The quantitative estimate of drug-likeness (QED) is 0.630. The number of carboxylic acids is 1. The van der Waals surface area contributed by atoms with Crippen LogP contribution in [0.15, 0.2) is 18.3 Å². The highest BCUT2D eigenvalue weighted by atomic mass is 32.2. The van der Waals surface area contributed by atoms with E-state index in [4.69, 9.17) is 5.73 Å². The van der Waals surface area contributed by atoms with E-state index in [1.165, 1.54) is 16.6 Å². The van der Waals surface area contributed by atoms with E-state index in [2.05, 4.69) is 18.0 Å². The summed E-state index contributed by atoms with van der Waals surface area (Å²) < 4.78 is 1.07. The predicted molar refractivity (Wildman–Crippen MR) is 101 cm³/mol. The Bertz CT molecular complexity index is 704. The number of thioether (sulfide) groups is 1. The van der Waals surface area contributed by atoms with Gasteiger partial charge in [0, 0.05) is 33.3 Å². The molecule has 0 aliphatic heterocycles. The summed E-state index contributed by atoms with van der Waals surface area (Å²) >= 11 is 3.11. The third-order valence-corrected chi connectivity index (χ3v) is 5.98. The maximum atomic E-state index is 11.7. The lowest BCUT2D eigenvalue weighted by molar-refractivity contribution is -0.160. The highest BCUT2D eigenvalue weighted by Crippen LogP contribution is 2.31. The molecule has 5 nitrogen and oxygen atoms in total. The number of nitrogens with two attached hydrogens (primary N) is 1. The van der Waals surface area contributed by atoms with Crippen LogP contribution in [0.25, 0.3) is 10.1 Å². The number of unbranched alkanes of at least 4 members (excludes halogenated alkanes) is 1. The number of aliphatic carboxylic acids is 1. The molecule has 0 radical (unpaired) electrons. The molecule has 0 unspecified atom stereocenters. The second kappa shape index (κ2) is 8.29. The number of aryl methyl sites for hydroxylation is 1. The second-order valence-electron chi connectivity index (χ2n) is 5.95. The Morgan fingerprint density at radius 2 is 2.29 bits per heavy atom. The highest BCUT2D eigenvalue weighted by Gasteiger charge is 2.43. The Labute approximate surface area is 150 Å². The zero-order valence-corrected chi connectivity index (χ0v) is 15.6. The molecule has 7 heteroatoms. The lowest BCUT2D eigenvalue weighted by Gasteiger charge is -2.29. The molecule has 0 saturated heterocycles. The first-order valence-corrected chi connectivity index (χ1v) is 10.2. The maximum Gasteiger partial charge on any atom is 0.337 e. The number of hydrogen-bond acceptors (Lipinski definition) is 6. The Kier molecular flexibility index (Phi) is 6.62. The number of fused-ring (bicyclic) bond motifs is 1. The average Bonchev–Trinajstić information content (AvgIpc) is 2.96. The number of carbonyl (C=O) groups is 1. The van der Waals surface area contributed by atoms with Crippen molar-refractivity contribution in [2.75, 3.05) is 12.0 Å². The van der Waals surface area contributed by atoms with Crippen LogP contribution in [0, 0.1) is 0 Å². The molecule has 0 aliphatic rings. The Morgan fingerprint density at radius 1 is 1.54 bits per heavy atom. The zero-order valence-electron chi connectivity index (χ0n) is 14.0. The molecule has 2 atom stereocenters. The highest BCUT2D eigenvalue weighted by molar-refractivity contribution is 7.98. The minimum absolute atomic E-state index is 0.0919. The molecular weight excluding hydrogens is 344 g/mol. The summed E-state index contributed by atoms with van der Waals surface area (Å²) in [5, 5.41) is 21.1. The van der Waals surface area contributed by atoms with E-state index in [1.54, 1.807) is 17.5 Å². The predicted octanol–water partition coefficient (Wildman–Crippen LogP) is 2.69. The van der Waals surface area contributed by atoms with Gasteiger partial charge in [-0.1, -0.05) is 13.3 Å². The lowest BCUT2D eigenvalue weighted by Crippen LogP contribution is -2.57. The Balaban J connectivity index is 2.36. The normalized spacial score (nSPS) is 15.3. The molecular formula is C17H24N2O3S2. The summed E-state index contributed by atoms with van der Waals surface area (Å²) in [4.78, 5) is 17.2. The van der Waals surface area contributed by atoms with E-state index in [9.17, 15) is 15.0 Å². The third-order valence-electron chi connectivity index (χ3n) is 4.12. The maximum absolute atomic E-state index is 11.7. The van der Waals surface area contributed by atoms with Crippen LogP contribution in [0.4, 0.5) is 0 Å². The van der Waals surface area contributed by atoms with E-state index in [0.29, 0.717) is 11.4 Å². The Morgan fingerprint density at radius 3 is 2.92 bits per heavy atom. The molecule has 0 amide bonds. The number of hydrogen-bond donors (Lipinski definition) is 3. The SMILES string of the molecule is CCCCc1cc2c(C[C@](O)(C(=O)O)[C@@H](N)CSC)nccc2s1. The molecule has 4 N–H and O–H groups in total. The number of nitrogens with zero attached hydrogens (tertiary/aromatic N) is 1. The molecule has 0 aromatic carbocycles. The molecule has 0 bridgehead atoms. The van der Waals surface area contributed by atoms with Gasteiger partial charge in [0.05, 0.1) is 11.7 Å². The van der Waals surface area contributed by atoms with Crippen molar-refractivity contribution in [2.24, 2.45) is 5.73 Å². The van der Waals surface area contributed by atoms with Crippen molar-refractivity contribution in [3.63, 3.8) is 0 Å². The number of aromatic nitrogens is 1. The average molecular weight is 369 g/mol. The van der Waals surface area contributed by atoms with Crippen molar-refractivity contribution in [1.29, 1.82) is 0 Å². The molecule has 0 saturated carbocycles. The molecule has 2 heterocycles. The standard InChI is InChI=1S/C17H24N2O3S2/c1-3-4-5-11-8-12-13(19-7-6-14(12)24-11)9-17(22,16(20)21)15(18)10-23-2/h6-8,15,22H,3-5,9-10,18H2,1-2H3,(H,20,21)/t15-,17+/m0/s1. The molecule has 132 valence electrons. The van der Waals surface area contributed by atoms with Crippen molar-refractivity contribution in [3.05, 3.63) is 28.9 Å². The van der Waals surface area contributed by atoms with Gasteiger partial charge in [-0.3, -0.25) is 4.98 Å². The zero-order chi connectivity index (χ0) is 17.7. The van der Waals surface area contributed by atoms with Crippen LogP contribution in [0.5, 0.6) is 0 Å². The summed E-state index contributed by atoms with van der Waals surface area (Å²) in [6.45, 7) is 2.15. The van der Waals surface area contributed by atoms with Gasteiger partial charge in [-0.2, -0.15) is 11.8 Å². The number of thiophene rings is 1. The topological polar surface area (TPSA) is 96.4 Å². The van der Waals surface area contributed by atoms with E-state index >= 15 is 0 Å². The van der Waals surface area contributed by atoms with Crippen molar-refractivity contribution in [2.45, 2.75) is 44.2 Å². The molecule has 2 rings (SSSR count). The summed E-state index contributed by atoms with van der Waals surface area (Å²) in [6, 6.07) is 3.14. The number of carboxylic acid groups (broad SMARTS) is 1. The molecule has 2 aromatic rings. The fourth-order valence-electron chi connectivity index (χ4n) is 2.62. The van der Waals surface area contributed by atoms with Gasteiger partial charge < -0.3 is 15.9 Å². The van der Waals surface area contributed by atoms with E-state index in [1.807, 2.05) is 12.3 Å². The van der Waals surface area contributed by atoms with E-state index < -0.39 is 17.6 Å². The molecule has 24 heavy (non-hydrogen) atoms. The van der Waals surface area contributed by atoms with Crippen molar-refractivity contribution < 1.29 is 15.0 Å². The van der Waals surface area contributed by atoms with Crippen LogP contribution in [0.2, 0.25) is 0 Å². The van der Waals surface area contributed by atoms with Crippen LogP contribution < -0.4 is 5.73 Å². The van der Waals surface area contributed by atoms with Crippen LogP contribution in [0.1, 0.15) is 30.3 Å². The van der Waals surface area contributed by atoms with E-state index in [0.717, 1.165) is 29.3 Å². The number of aliphatic hydroxyl groups is 1. The first-order chi connectivity index (χ1) is 11.4. The lowest BCUT2D eigenvalue weighted by atomic mass is 9.89. The van der Waals surface area contributed by atoms with Crippen LogP contribution in [-0.2, 0) is 17.6 Å². The molecule has 0 fully saturated rings. The van der Waals surface area contributed by atoms with Gasteiger partial charge in [0.25, 0.3) is 0 Å². The third kappa shape index (κ3) is 4.08. The number of pyridine rings is 1. The monoisotopic (exact) mass is 368 g/mol. The summed E-state index contributed by atoms with van der Waals surface area (Å²) in [5.74, 6) is -0.936. The smallest absolute Gasteiger partial charge is 0.337 e. The van der Waals surface area contributed by atoms with Crippen LogP contribution in [0.3, 0.4) is 0 Å². The minimum atomic E-state index is -2.02. The molecule has 0 aliphatic carbocycles. The van der Waals surface area contributed by atoms with Crippen molar-refractivity contribution in [3.8, 4) is 0 Å². The fraction of sp³-hybridized carbons (Fsp3) is 0.529. The van der Waals surface area contributed by atoms with Gasteiger partial charge in [0.1, 0.15) is 0 Å². The Hall–Kier alpha value is -1.15. The minimum Gasteiger partial charge on any atom is -0.479 e. The largest absolute Gasteiger partial charge is 0.479 e. The van der Waals surface area contributed by atoms with Gasteiger partial charge in [0.2, 0.25) is 0 Å². The molecule has 2 aromatic heterocycles. The van der Waals surface area contributed by atoms with Gasteiger partial charge >= 0.3 is 5.97 Å². The summed E-state index contributed by atoms with van der Waals surface area (Å²) in [5.41, 5.74) is 4.52.